The van der Waals surface area contributed by atoms with E-state index < -0.39 is 5.82 Å². The van der Waals surface area contributed by atoms with Crippen LogP contribution >= 0.6 is 22.9 Å². The van der Waals surface area contributed by atoms with E-state index in [4.69, 9.17) is 11.6 Å². The number of thiophene rings is 1. The molecular weight excluding hydrogens is 281 g/mol. The van der Waals surface area contributed by atoms with Crippen molar-refractivity contribution in [3.8, 4) is 0 Å². The van der Waals surface area contributed by atoms with E-state index in [0.29, 0.717) is 6.54 Å². The van der Waals surface area contributed by atoms with Crippen LogP contribution < -0.4 is 5.32 Å². The molecule has 0 bridgehead atoms. The zero-order valence-electron chi connectivity index (χ0n) is 9.99. The van der Waals surface area contributed by atoms with E-state index in [1.165, 1.54) is 21.7 Å². The quantitative estimate of drug-likeness (QED) is 0.690. The molecule has 4 heteroatoms. The minimum atomic E-state index is -0.401. The largest absolute Gasteiger partial charge is 0.381 e. The smallest absolute Gasteiger partial charge is 0.143 e. The predicted molar refractivity (Wildman–Crippen MR) is 80.6 cm³/mol. The maximum atomic E-state index is 13.3. The maximum Gasteiger partial charge on any atom is 0.143 e. The molecular formula is C15H11ClFNS. The summed E-state index contributed by atoms with van der Waals surface area (Å²) in [5, 5.41) is 6.73. The molecule has 0 atom stereocenters. The molecule has 0 spiro atoms. The van der Waals surface area contributed by atoms with Gasteiger partial charge in [-0.2, -0.15) is 0 Å². The third-order valence-electron chi connectivity index (χ3n) is 2.96. The fraction of sp³-hybridized carbons (Fsp3) is 0.0667. The van der Waals surface area contributed by atoms with Gasteiger partial charge in [0.2, 0.25) is 0 Å². The second kappa shape index (κ2) is 5.19. The topological polar surface area (TPSA) is 12.0 Å². The van der Waals surface area contributed by atoms with Crippen molar-refractivity contribution in [2.45, 2.75) is 6.54 Å². The number of fused-ring (bicyclic) bond motifs is 1. The molecule has 0 saturated heterocycles. The van der Waals surface area contributed by atoms with E-state index in [1.807, 2.05) is 12.1 Å². The Bertz CT molecular complexity index is 723. The van der Waals surface area contributed by atoms with Crippen LogP contribution in [0.25, 0.3) is 10.1 Å². The third-order valence-corrected chi connectivity index (χ3v) is 4.28. The van der Waals surface area contributed by atoms with E-state index in [2.05, 4.69) is 22.8 Å². The van der Waals surface area contributed by atoms with Crippen molar-refractivity contribution < 1.29 is 4.39 Å². The Morgan fingerprint density at radius 2 is 2.00 bits per heavy atom. The zero-order chi connectivity index (χ0) is 13.2. The van der Waals surface area contributed by atoms with Crippen LogP contribution in [0.5, 0.6) is 0 Å². The fourth-order valence-electron chi connectivity index (χ4n) is 1.97. The zero-order valence-corrected chi connectivity index (χ0v) is 11.6. The first-order valence-electron chi connectivity index (χ1n) is 5.88. The van der Waals surface area contributed by atoms with Gasteiger partial charge < -0.3 is 5.32 Å². The summed E-state index contributed by atoms with van der Waals surface area (Å²) >= 11 is 7.38. The molecule has 0 aliphatic carbocycles. The highest BCUT2D eigenvalue weighted by atomic mass is 35.5. The van der Waals surface area contributed by atoms with Gasteiger partial charge in [-0.05, 0) is 40.6 Å². The molecule has 0 unspecified atom stereocenters. The van der Waals surface area contributed by atoms with Crippen molar-refractivity contribution in [1.29, 1.82) is 0 Å². The van der Waals surface area contributed by atoms with E-state index in [1.54, 1.807) is 23.5 Å². The Morgan fingerprint density at radius 3 is 2.84 bits per heavy atom. The van der Waals surface area contributed by atoms with Gasteiger partial charge in [0.1, 0.15) is 5.82 Å². The van der Waals surface area contributed by atoms with Gasteiger partial charge in [0.15, 0.2) is 0 Å². The van der Waals surface area contributed by atoms with Crippen LogP contribution in [0.1, 0.15) is 5.56 Å². The van der Waals surface area contributed by atoms with Crippen molar-refractivity contribution in [3.05, 3.63) is 64.2 Å². The Labute approximate surface area is 119 Å². The second-order valence-corrected chi connectivity index (χ2v) is 5.56. The van der Waals surface area contributed by atoms with Crippen LogP contribution in [0.2, 0.25) is 5.02 Å². The summed E-state index contributed by atoms with van der Waals surface area (Å²) in [7, 11) is 0. The molecule has 1 nitrogen and oxygen atoms in total. The highest BCUT2D eigenvalue weighted by Crippen LogP contribution is 2.26. The lowest BCUT2D eigenvalue weighted by Crippen LogP contribution is -1.98. The van der Waals surface area contributed by atoms with Crippen molar-refractivity contribution in [2.24, 2.45) is 0 Å². The van der Waals surface area contributed by atoms with Gasteiger partial charge in [-0.1, -0.05) is 29.8 Å². The number of rotatable bonds is 3. The standard InChI is InChI=1S/C15H11ClFNS/c16-13-6-5-11(7-14(13)17)18-8-10-9-19-15-4-2-1-3-12(10)15/h1-7,9,18H,8H2. The molecule has 0 fully saturated rings. The molecule has 0 saturated carbocycles. The SMILES string of the molecule is Fc1cc(NCc2csc3ccccc23)ccc1Cl. The summed E-state index contributed by atoms with van der Waals surface area (Å²) in [4.78, 5) is 0. The lowest BCUT2D eigenvalue weighted by Gasteiger charge is -2.06. The maximum absolute atomic E-state index is 13.3. The molecule has 19 heavy (non-hydrogen) atoms. The molecule has 96 valence electrons. The van der Waals surface area contributed by atoms with E-state index in [9.17, 15) is 4.39 Å². The van der Waals surface area contributed by atoms with Gasteiger partial charge in [0.25, 0.3) is 0 Å². The number of anilines is 1. The predicted octanol–water partition coefficient (Wildman–Crippen LogP) is 5.31. The van der Waals surface area contributed by atoms with Gasteiger partial charge in [-0.25, -0.2) is 4.39 Å². The Morgan fingerprint density at radius 1 is 1.16 bits per heavy atom. The van der Waals surface area contributed by atoms with E-state index in [0.717, 1.165) is 5.69 Å². The van der Waals surface area contributed by atoms with Gasteiger partial charge in [-0.15, -0.1) is 11.3 Å². The second-order valence-electron chi connectivity index (χ2n) is 4.24. The molecule has 0 aliphatic rings. The monoisotopic (exact) mass is 291 g/mol. The lowest BCUT2D eigenvalue weighted by atomic mass is 10.2. The van der Waals surface area contributed by atoms with Crippen molar-refractivity contribution in [2.75, 3.05) is 5.32 Å². The van der Waals surface area contributed by atoms with Crippen molar-refractivity contribution in [3.63, 3.8) is 0 Å². The van der Waals surface area contributed by atoms with Crippen molar-refractivity contribution >= 4 is 38.7 Å². The van der Waals surface area contributed by atoms with Crippen LogP contribution in [0.3, 0.4) is 0 Å². The lowest BCUT2D eigenvalue weighted by molar-refractivity contribution is 0.628. The summed E-state index contributed by atoms with van der Waals surface area (Å²) < 4.78 is 14.6. The first kappa shape index (κ1) is 12.5. The number of halogens is 2. The highest BCUT2D eigenvalue weighted by Gasteiger charge is 2.04. The Balaban J connectivity index is 1.80. The molecule has 3 aromatic rings. The first-order chi connectivity index (χ1) is 9.24. The average Bonchev–Trinajstić information content (AvgIpc) is 2.83. The Kier molecular flexibility index (Phi) is 3.40. The molecule has 0 radical (unpaired) electrons. The summed E-state index contributed by atoms with van der Waals surface area (Å²) in [6, 6.07) is 13.0. The molecule has 2 aromatic carbocycles. The van der Waals surface area contributed by atoms with Gasteiger partial charge in [0, 0.05) is 16.9 Å². The number of nitrogens with one attached hydrogen (secondary N) is 1. The minimum absolute atomic E-state index is 0.145. The van der Waals surface area contributed by atoms with Gasteiger partial charge >= 0.3 is 0 Å². The highest BCUT2D eigenvalue weighted by molar-refractivity contribution is 7.17. The molecule has 1 heterocycles. The summed E-state index contributed by atoms with van der Waals surface area (Å²) in [5.41, 5.74) is 1.95. The Hall–Kier alpha value is -1.58. The van der Waals surface area contributed by atoms with Gasteiger partial charge in [-0.3, -0.25) is 0 Å². The third kappa shape index (κ3) is 2.57. The van der Waals surface area contributed by atoms with Crippen LogP contribution in [0, 0.1) is 5.82 Å². The van der Waals surface area contributed by atoms with Crippen LogP contribution in [-0.2, 0) is 6.54 Å². The van der Waals surface area contributed by atoms with E-state index >= 15 is 0 Å². The normalized spacial score (nSPS) is 10.8. The summed E-state index contributed by atoms with van der Waals surface area (Å²) in [6.45, 7) is 0.672. The molecule has 3 rings (SSSR count). The number of benzene rings is 2. The number of hydrogen-bond acceptors (Lipinski definition) is 2. The van der Waals surface area contributed by atoms with E-state index in [-0.39, 0.29) is 5.02 Å². The molecule has 0 aliphatic heterocycles. The number of hydrogen-bond donors (Lipinski definition) is 1. The minimum Gasteiger partial charge on any atom is -0.381 e. The average molecular weight is 292 g/mol. The molecule has 1 N–H and O–H groups in total. The van der Waals surface area contributed by atoms with Crippen molar-refractivity contribution in [1.82, 2.24) is 0 Å². The summed E-state index contributed by atoms with van der Waals surface area (Å²) in [6.07, 6.45) is 0. The van der Waals surface area contributed by atoms with Gasteiger partial charge in [0.05, 0.1) is 5.02 Å². The molecule has 0 amide bonds. The first-order valence-corrected chi connectivity index (χ1v) is 7.14. The molecule has 1 aromatic heterocycles. The van der Waals surface area contributed by atoms with Crippen LogP contribution in [0.15, 0.2) is 47.8 Å². The summed E-state index contributed by atoms with van der Waals surface area (Å²) in [5.74, 6) is -0.401. The van der Waals surface area contributed by atoms with Crippen LogP contribution in [0.4, 0.5) is 10.1 Å². The fourth-order valence-corrected chi connectivity index (χ4v) is 3.05. The van der Waals surface area contributed by atoms with Crippen LogP contribution in [-0.4, -0.2) is 0 Å².